The molecule has 1 aromatic heterocycles. The molecule has 0 bridgehead atoms. The molecule has 3 heterocycles. The lowest BCUT2D eigenvalue weighted by Gasteiger charge is -2.31. The highest BCUT2D eigenvalue weighted by molar-refractivity contribution is 5.95. The van der Waals surface area contributed by atoms with E-state index in [4.69, 9.17) is 0 Å². The van der Waals surface area contributed by atoms with Gasteiger partial charge in [-0.1, -0.05) is 12.1 Å². The number of benzene rings is 1. The van der Waals surface area contributed by atoms with Gasteiger partial charge in [0.05, 0.1) is 0 Å². The molecular formula is C19H21FN4O4. The number of nitrogens with one attached hydrogen (secondary N) is 1. The maximum absolute atomic E-state index is 13.1. The highest BCUT2D eigenvalue weighted by atomic mass is 19.1. The minimum Gasteiger partial charge on any atom is -0.501 e. The lowest BCUT2D eigenvalue weighted by Crippen LogP contribution is -2.51. The molecule has 0 radical (unpaired) electrons. The summed E-state index contributed by atoms with van der Waals surface area (Å²) in [6.07, 6.45) is 1.22. The molecule has 148 valence electrons. The highest BCUT2D eigenvalue weighted by Gasteiger charge is 2.33. The Morgan fingerprint density at radius 3 is 2.43 bits per heavy atom. The first-order chi connectivity index (χ1) is 13.5. The highest BCUT2D eigenvalue weighted by Crippen LogP contribution is 2.22. The molecule has 8 nitrogen and oxygen atoms in total. The summed E-state index contributed by atoms with van der Waals surface area (Å²) in [5, 5.41) is 13.6. The predicted molar refractivity (Wildman–Crippen MR) is 98.9 cm³/mol. The first-order valence-electron chi connectivity index (χ1n) is 9.30. The average molecular weight is 388 g/mol. The molecule has 0 aliphatic carbocycles. The number of aromatic hydroxyl groups is 1. The van der Waals surface area contributed by atoms with Crippen molar-refractivity contribution < 1.29 is 14.3 Å². The molecule has 2 aliphatic rings. The maximum Gasteiger partial charge on any atom is 0.332 e. The van der Waals surface area contributed by atoms with Crippen molar-refractivity contribution in [3.63, 3.8) is 0 Å². The van der Waals surface area contributed by atoms with Crippen molar-refractivity contribution in [2.45, 2.75) is 32.0 Å². The quantitative estimate of drug-likeness (QED) is 0.795. The Hall–Kier alpha value is -2.94. The minimum absolute atomic E-state index is 0.180. The van der Waals surface area contributed by atoms with Gasteiger partial charge in [0.15, 0.2) is 5.69 Å². The molecule has 0 spiro atoms. The van der Waals surface area contributed by atoms with E-state index in [-0.39, 0.29) is 37.2 Å². The molecule has 2 N–H and O–H groups in total. The van der Waals surface area contributed by atoms with Crippen molar-refractivity contribution in [1.29, 1.82) is 0 Å². The second kappa shape index (κ2) is 7.23. The summed E-state index contributed by atoms with van der Waals surface area (Å²) in [4.78, 5) is 39.9. The van der Waals surface area contributed by atoms with Crippen LogP contribution in [0.5, 0.6) is 5.75 Å². The van der Waals surface area contributed by atoms with Gasteiger partial charge in [0.2, 0.25) is 5.75 Å². The summed E-state index contributed by atoms with van der Waals surface area (Å²) in [5.74, 6) is -1.64. The number of carbonyl (C=O) groups excluding carboxylic acids is 1. The van der Waals surface area contributed by atoms with E-state index in [9.17, 15) is 23.9 Å². The third kappa shape index (κ3) is 3.11. The minimum atomic E-state index is -0.819. The number of piperidine rings is 1. The zero-order chi connectivity index (χ0) is 19.8. The van der Waals surface area contributed by atoms with Crippen LogP contribution in [0.1, 0.15) is 34.9 Å². The van der Waals surface area contributed by atoms with E-state index >= 15 is 0 Å². The van der Waals surface area contributed by atoms with Crippen LogP contribution in [-0.2, 0) is 13.1 Å². The van der Waals surface area contributed by atoms with Gasteiger partial charge in [0, 0.05) is 25.7 Å². The molecule has 28 heavy (non-hydrogen) atoms. The Labute approximate surface area is 159 Å². The summed E-state index contributed by atoms with van der Waals surface area (Å²) in [7, 11) is 0. The van der Waals surface area contributed by atoms with E-state index in [0.29, 0.717) is 31.5 Å². The molecule has 0 atom stereocenters. The van der Waals surface area contributed by atoms with Gasteiger partial charge in [-0.15, -0.1) is 0 Å². The summed E-state index contributed by atoms with van der Waals surface area (Å²) >= 11 is 0. The molecule has 0 unspecified atom stereocenters. The number of aromatic nitrogens is 2. The van der Waals surface area contributed by atoms with Crippen molar-refractivity contribution in [2.75, 3.05) is 19.6 Å². The number of hydrogen-bond acceptors (Lipinski definition) is 5. The molecule has 1 saturated heterocycles. The van der Waals surface area contributed by atoms with E-state index in [1.165, 1.54) is 21.6 Å². The van der Waals surface area contributed by atoms with Gasteiger partial charge in [-0.3, -0.25) is 18.7 Å². The lowest BCUT2D eigenvalue weighted by atomic mass is 10.1. The summed E-state index contributed by atoms with van der Waals surface area (Å²) in [5.41, 5.74) is -0.929. The van der Waals surface area contributed by atoms with Crippen LogP contribution in [0.15, 0.2) is 33.9 Å². The molecule has 1 amide bonds. The van der Waals surface area contributed by atoms with Gasteiger partial charge in [-0.25, -0.2) is 9.18 Å². The number of hydrogen-bond donors (Lipinski definition) is 2. The van der Waals surface area contributed by atoms with Crippen LogP contribution in [0.3, 0.4) is 0 Å². The van der Waals surface area contributed by atoms with Crippen molar-refractivity contribution in [3.05, 3.63) is 62.2 Å². The van der Waals surface area contributed by atoms with Crippen molar-refractivity contribution in [1.82, 2.24) is 19.4 Å². The van der Waals surface area contributed by atoms with Gasteiger partial charge < -0.3 is 15.3 Å². The van der Waals surface area contributed by atoms with Crippen molar-refractivity contribution >= 4 is 5.91 Å². The van der Waals surface area contributed by atoms with Gasteiger partial charge in [0.25, 0.3) is 11.5 Å². The topological polar surface area (TPSA) is 96.6 Å². The standard InChI is InChI=1S/C19H21FN4O4/c20-13-3-1-12(2-4-13)11-22-9-10-23-15(17(22)26)16(25)18(27)24(19(23)28)14-5-7-21-8-6-14/h1-4,14,21,25H,5-11H2. The summed E-state index contributed by atoms with van der Waals surface area (Å²) in [6, 6.07) is 5.45. The van der Waals surface area contributed by atoms with Gasteiger partial charge >= 0.3 is 5.69 Å². The van der Waals surface area contributed by atoms with E-state index in [1.807, 2.05) is 0 Å². The largest absolute Gasteiger partial charge is 0.501 e. The van der Waals surface area contributed by atoms with E-state index < -0.39 is 22.9 Å². The fraction of sp³-hybridized carbons (Fsp3) is 0.421. The lowest BCUT2D eigenvalue weighted by molar-refractivity contribution is 0.0676. The SMILES string of the molecule is O=C1c2c(O)c(=O)n(C3CCNCC3)c(=O)n2CCN1Cc1ccc(F)cc1. The first-order valence-corrected chi connectivity index (χ1v) is 9.30. The predicted octanol–water partition coefficient (Wildman–Crippen LogP) is 0.435. The van der Waals surface area contributed by atoms with E-state index in [1.54, 1.807) is 12.1 Å². The summed E-state index contributed by atoms with van der Waals surface area (Å²) in [6.45, 7) is 2.00. The molecule has 2 aliphatic heterocycles. The third-order valence-corrected chi connectivity index (χ3v) is 5.40. The van der Waals surface area contributed by atoms with E-state index in [0.717, 1.165) is 4.57 Å². The molecular weight excluding hydrogens is 367 g/mol. The van der Waals surface area contributed by atoms with Gasteiger partial charge in [-0.05, 0) is 43.6 Å². The molecule has 1 aromatic carbocycles. The smallest absolute Gasteiger partial charge is 0.332 e. The monoisotopic (exact) mass is 388 g/mol. The number of rotatable bonds is 3. The van der Waals surface area contributed by atoms with Gasteiger partial charge in [0.1, 0.15) is 5.82 Å². The third-order valence-electron chi connectivity index (χ3n) is 5.40. The molecule has 4 rings (SSSR count). The first kappa shape index (κ1) is 18.4. The zero-order valence-corrected chi connectivity index (χ0v) is 15.2. The number of halogens is 1. The molecule has 0 saturated carbocycles. The fourth-order valence-electron chi connectivity index (χ4n) is 3.90. The van der Waals surface area contributed by atoms with Crippen LogP contribution in [-0.4, -0.2) is 44.7 Å². The molecule has 9 heteroatoms. The Balaban J connectivity index is 1.70. The van der Waals surface area contributed by atoms with Gasteiger partial charge in [-0.2, -0.15) is 0 Å². The second-order valence-electron chi connectivity index (χ2n) is 7.14. The van der Waals surface area contributed by atoms with Crippen LogP contribution in [0.4, 0.5) is 4.39 Å². The normalized spacial score (nSPS) is 17.6. The molecule has 2 aromatic rings. The van der Waals surface area contributed by atoms with Crippen molar-refractivity contribution in [2.24, 2.45) is 0 Å². The Bertz CT molecular complexity index is 1020. The Kier molecular flexibility index (Phi) is 4.76. The zero-order valence-electron chi connectivity index (χ0n) is 15.2. The van der Waals surface area contributed by atoms with Crippen LogP contribution < -0.4 is 16.6 Å². The molecule has 1 fully saturated rings. The average Bonchev–Trinajstić information content (AvgIpc) is 2.70. The van der Waals surface area contributed by atoms with Crippen molar-refractivity contribution in [3.8, 4) is 5.75 Å². The fourth-order valence-corrected chi connectivity index (χ4v) is 3.90. The number of carbonyl (C=O) groups is 1. The Morgan fingerprint density at radius 1 is 1.07 bits per heavy atom. The number of amides is 1. The van der Waals surface area contributed by atoms with E-state index in [2.05, 4.69) is 5.32 Å². The van der Waals surface area contributed by atoms with Crippen LogP contribution in [0.25, 0.3) is 0 Å². The maximum atomic E-state index is 13.1. The Morgan fingerprint density at radius 2 is 1.75 bits per heavy atom. The van der Waals surface area contributed by atoms with Crippen LogP contribution >= 0.6 is 0 Å². The second-order valence-corrected chi connectivity index (χ2v) is 7.14. The van der Waals surface area contributed by atoms with Crippen LogP contribution in [0.2, 0.25) is 0 Å². The van der Waals surface area contributed by atoms with Crippen LogP contribution in [0, 0.1) is 5.82 Å². The summed E-state index contributed by atoms with van der Waals surface area (Å²) < 4.78 is 15.4. The number of fused-ring (bicyclic) bond motifs is 1. The number of nitrogens with zero attached hydrogens (tertiary/aromatic N) is 3.